The van der Waals surface area contributed by atoms with Gasteiger partial charge >= 0.3 is 18.0 Å². The molecule has 0 unspecified atom stereocenters. The van der Waals surface area contributed by atoms with Crippen LogP contribution in [0, 0.1) is 0 Å². The maximum atomic E-state index is 12.6. The third-order valence-electron chi connectivity index (χ3n) is 11.0. The number of esters is 2. The van der Waals surface area contributed by atoms with Gasteiger partial charge in [0, 0.05) is 25.9 Å². The standard InChI is InChI=1S/C54H98N2O7/c1-5-7-9-11-13-15-17-19-21-23-25-27-29-31-37-43-52(57)61-47-39-33-35-41-51(63-54(59)55-45-49-60-50-46-56(3)4)42-36-34-40-48-62-53(58)44-38-32-30-28-26-24-22-20-18-16-14-12-10-8-6-2/h13-16,19-22,51H,5-12,17-18,23-50H2,1-4H3,(H,55,59)/b15-13-,16-14-,21-19-,22-20-. The maximum Gasteiger partial charge on any atom is 0.407 e. The van der Waals surface area contributed by atoms with Crippen LogP contribution in [0.3, 0.4) is 0 Å². The minimum absolute atomic E-state index is 0.100. The fourth-order valence-electron chi connectivity index (χ4n) is 7.01. The van der Waals surface area contributed by atoms with Gasteiger partial charge in [0.15, 0.2) is 0 Å². The van der Waals surface area contributed by atoms with E-state index < -0.39 is 6.09 Å². The van der Waals surface area contributed by atoms with Crippen LogP contribution in [0.1, 0.15) is 219 Å². The van der Waals surface area contributed by atoms with Crippen molar-refractivity contribution in [1.82, 2.24) is 10.2 Å². The molecule has 0 aromatic heterocycles. The summed E-state index contributed by atoms with van der Waals surface area (Å²) in [6.07, 6.45) is 51.0. The second-order valence-electron chi connectivity index (χ2n) is 17.5. The summed E-state index contributed by atoms with van der Waals surface area (Å²) in [4.78, 5) is 39.2. The van der Waals surface area contributed by atoms with E-state index >= 15 is 0 Å². The highest BCUT2D eigenvalue weighted by molar-refractivity contribution is 5.69. The molecule has 9 nitrogen and oxygen atoms in total. The Labute approximate surface area is 388 Å². The molecule has 0 heterocycles. The average Bonchev–Trinajstić information content (AvgIpc) is 3.26. The number of carbonyl (C=O) groups is 3. The second-order valence-corrected chi connectivity index (χ2v) is 17.5. The first-order chi connectivity index (χ1) is 30.9. The van der Waals surface area contributed by atoms with Crippen molar-refractivity contribution in [3.05, 3.63) is 48.6 Å². The number of nitrogens with one attached hydrogen (secondary N) is 1. The number of amides is 1. The molecule has 0 aromatic rings. The summed E-state index contributed by atoms with van der Waals surface area (Å²) in [5, 5.41) is 2.82. The van der Waals surface area contributed by atoms with Gasteiger partial charge < -0.3 is 29.2 Å². The summed E-state index contributed by atoms with van der Waals surface area (Å²) in [7, 11) is 4.00. The van der Waals surface area contributed by atoms with E-state index in [0.29, 0.717) is 45.8 Å². The molecule has 0 radical (unpaired) electrons. The first-order valence-corrected chi connectivity index (χ1v) is 26.0. The number of hydrogen-bond donors (Lipinski definition) is 1. The summed E-state index contributed by atoms with van der Waals surface area (Å²) in [6.45, 7) is 7.65. The quantitative estimate of drug-likeness (QED) is 0.0279. The smallest absolute Gasteiger partial charge is 0.407 e. The SMILES string of the molecule is CCCCC/C=C\C/C=C\CCCCCCCC(=O)OCCCCCC(CCCCCOC(=O)CCCCCCC/C=C\C/C=C\CCCCC)OC(=O)NCCOCCN(C)C. The van der Waals surface area contributed by atoms with E-state index in [0.717, 1.165) is 122 Å². The number of unbranched alkanes of at least 4 members (excludes halogenated alkanes) is 20. The van der Waals surface area contributed by atoms with E-state index in [1.165, 1.54) is 77.0 Å². The highest BCUT2D eigenvalue weighted by Crippen LogP contribution is 2.16. The number of likely N-dealkylation sites (N-methyl/N-ethyl adjacent to an activating group) is 1. The van der Waals surface area contributed by atoms with Crippen LogP contribution < -0.4 is 5.32 Å². The number of allylic oxidation sites excluding steroid dienone is 8. The van der Waals surface area contributed by atoms with Gasteiger partial charge in [-0.2, -0.15) is 0 Å². The topological polar surface area (TPSA) is 103 Å². The summed E-state index contributed by atoms with van der Waals surface area (Å²) in [6, 6.07) is 0. The van der Waals surface area contributed by atoms with Gasteiger partial charge in [-0.25, -0.2) is 4.79 Å². The number of nitrogens with zero attached hydrogens (tertiary/aromatic N) is 1. The lowest BCUT2D eigenvalue weighted by Gasteiger charge is -2.18. The number of ether oxygens (including phenoxy) is 4. The molecule has 63 heavy (non-hydrogen) atoms. The summed E-state index contributed by atoms with van der Waals surface area (Å²) in [5.41, 5.74) is 0. The molecule has 0 saturated heterocycles. The highest BCUT2D eigenvalue weighted by atomic mass is 16.6. The zero-order valence-electron chi connectivity index (χ0n) is 41.4. The van der Waals surface area contributed by atoms with Gasteiger partial charge in [-0.05, 0) is 143 Å². The first-order valence-electron chi connectivity index (χ1n) is 26.0. The fraction of sp³-hybridized carbons (Fsp3) is 0.796. The minimum Gasteiger partial charge on any atom is -0.466 e. The molecule has 0 bridgehead atoms. The van der Waals surface area contributed by atoms with E-state index in [9.17, 15) is 14.4 Å². The van der Waals surface area contributed by atoms with Gasteiger partial charge in [-0.1, -0.05) is 127 Å². The first kappa shape index (κ1) is 60.1. The molecular formula is C54H98N2O7. The maximum absolute atomic E-state index is 12.6. The van der Waals surface area contributed by atoms with Crippen LogP contribution in [0.15, 0.2) is 48.6 Å². The Morgan fingerprint density at radius 3 is 1.33 bits per heavy atom. The van der Waals surface area contributed by atoms with E-state index in [4.69, 9.17) is 18.9 Å². The van der Waals surface area contributed by atoms with Crippen LogP contribution in [0.4, 0.5) is 4.79 Å². The van der Waals surface area contributed by atoms with E-state index in [1.54, 1.807) is 0 Å². The van der Waals surface area contributed by atoms with E-state index in [2.05, 4.69) is 72.7 Å². The highest BCUT2D eigenvalue weighted by Gasteiger charge is 2.15. The van der Waals surface area contributed by atoms with Crippen molar-refractivity contribution in [2.24, 2.45) is 0 Å². The Kier molecular flexibility index (Phi) is 47.8. The molecule has 9 heteroatoms. The number of alkyl carbamates (subject to hydrolysis) is 1. The van der Waals surface area contributed by atoms with Crippen LogP contribution in [0.5, 0.6) is 0 Å². The summed E-state index contributed by atoms with van der Waals surface area (Å²) < 4.78 is 22.4. The molecule has 0 aliphatic carbocycles. The van der Waals surface area contributed by atoms with Crippen molar-refractivity contribution in [1.29, 1.82) is 0 Å². The van der Waals surface area contributed by atoms with Crippen LogP contribution in [-0.2, 0) is 28.5 Å². The van der Waals surface area contributed by atoms with Crippen molar-refractivity contribution >= 4 is 18.0 Å². The minimum atomic E-state index is -0.416. The van der Waals surface area contributed by atoms with Crippen molar-refractivity contribution in [3.63, 3.8) is 0 Å². The Morgan fingerprint density at radius 2 is 0.889 bits per heavy atom. The Morgan fingerprint density at radius 1 is 0.476 bits per heavy atom. The van der Waals surface area contributed by atoms with Crippen LogP contribution in [0.25, 0.3) is 0 Å². The molecule has 1 N–H and O–H groups in total. The second kappa shape index (κ2) is 50.1. The van der Waals surface area contributed by atoms with Crippen molar-refractivity contribution in [2.75, 3.05) is 53.6 Å². The number of carbonyl (C=O) groups excluding carboxylic acids is 3. The van der Waals surface area contributed by atoms with Crippen molar-refractivity contribution in [3.8, 4) is 0 Å². The van der Waals surface area contributed by atoms with E-state index in [1.807, 2.05) is 14.1 Å². The normalized spacial score (nSPS) is 12.0. The van der Waals surface area contributed by atoms with Gasteiger partial charge in [0.1, 0.15) is 6.10 Å². The molecule has 0 rings (SSSR count). The molecule has 0 atom stereocenters. The Balaban J connectivity index is 4.15. The molecule has 0 aliphatic heterocycles. The third-order valence-corrected chi connectivity index (χ3v) is 11.0. The van der Waals surface area contributed by atoms with Crippen molar-refractivity contribution < 1.29 is 33.3 Å². The van der Waals surface area contributed by atoms with Crippen LogP contribution in [-0.4, -0.2) is 82.6 Å². The zero-order valence-corrected chi connectivity index (χ0v) is 41.4. The molecule has 1 amide bonds. The Bertz CT molecular complexity index is 1070. The predicted octanol–water partition coefficient (Wildman–Crippen LogP) is 14.5. The van der Waals surface area contributed by atoms with Gasteiger partial charge in [0.2, 0.25) is 0 Å². The lowest BCUT2D eigenvalue weighted by molar-refractivity contribution is -0.144. The molecular weight excluding hydrogens is 789 g/mol. The third kappa shape index (κ3) is 50.0. The lowest BCUT2D eigenvalue weighted by atomic mass is 10.0. The molecule has 0 saturated carbocycles. The van der Waals surface area contributed by atoms with Crippen molar-refractivity contribution in [2.45, 2.75) is 225 Å². The fourth-order valence-corrected chi connectivity index (χ4v) is 7.01. The van der Waals surface area contributed by atoms with Gasteiger partial charge in [0.25, 0.3) is 0 Å². The summed E-state index contributed by atoms with van der Waals surface area (Å²) >= 11 is 0. The molecule has 0 aromatic carbocycles. The molecule has 0 spiro atoms. The largest absolute Gasteiger partial charge is 0.466 e. The van der Waals surface area contributed by atoms with Gasteiger partial charge in [-0.3, -0.25) is 9.59 Å². The van der Waals surface area contributed by atoms with E-state index in [-0.39, 0.29) is 18.0 Å². The van der Waals surface area contributed by atoms with Gasteiger partial charge in [-0.15, -0.1) is 0 Å². The molecule has 0 aliphatic rings. The summed E-state index contributed by atoms with van der Waals surface area (Å²) in [5.74, 6) is -0.201. The van der Waals surface area contributed by atoms with Crippen LogP contribution >= 0.6 is 0 Å². The zero-order chi connectivity index (χ0) is 45.9. The number of rotatable bonds is 47. The monoisotopic (exact) mass is 887 g/mol. The molecule has 0 fully saturated rings. The predicted molar refractivity (Wildman–Crippen MR) is 265 cm³/mol. The Hall–Kier alpha value is -2.91. The lowest BCUT2D eigenvalue weighted by Crippen LogP contribution is -2.32. The van der Waals surface area contributed by atoms with Gasteiger partial charge in [0.05, 0.1) is 26.4 Å². The van der Waals surface area contributed by atoms with Crippen LogP contribution in [0.2, 0.25) is 0 Å². The average molecular weight is 887 g/mol. The number of hydrogen-bond acceptors (Lipinski definition) is 8. The molecule has 366 valence electrons.